The molecule has 5 nitrogen and oxygen atoms in total. The van der Waals surface area contributed by atoms with Crippen LogP contribution in [0.2, 0.25) is 10.0 Å². The van der Waals surface area contributed by atoms with E-state index in [-0.39, 0.29) is 17.9 Å². The van der Waals surface area contributed by atoms with Gasteiger partial charge >= 0.3 is 5.91 Å². The Labute approximate surface area is 199 Å². The lowest BCUT2D eigenvalue weighted by molar-refractivity contribution is -0.947. The molecule has 0 unspecified atom stereocenters. The number of hydrogen-bond acceptors (Lipinski definition) is 4. The molecular weight excluding hydrogens is 507 g/mol. The molecule has 1 aromatic carbocycles. The Balaban J connectivity index is 1.69. The Hall–Kier alpha value is -1.12. The fourth-order valence-electron chi connectivity index (χ4n) is 4.23. The molecule has 2 aliphatic heterocycles. The van der Waals surface area contributed by atoms with Gasteiger partial charge in [-0.25, -0.2) is 4.59 Å². The summed E-state index contributed by atoms with van der Waals surface area (Å²) in [4.78, 5) is 14.4. The fourth-order valence-corrected chi connectivity index (χ4v) is 6.36. The maximum absolute atomic E-state index is 13.3. The first kappa shape index (κ1) is 22.1. The number of anilines is 1. The number of amides is 1. The lowest BCUT2D eigenvalue weighted by Gasteiger charge is -2.36. The van der Waals surface area contributed by atoms with Crippen LogP contribution in [0.3, 0.4) is 0 Å². The maximum atomic E-state index is 13.3. The van der Waals surface area contributed by atoms with Crippen molar-refractivity contribution in [2.75, 3.05) is 25.1 Å². The quantitative estimate of drug-likeness (QED) is 0.490. The van der Waals surface area contributed by atoms with Crippen LogP contribution in [0.25, 0.3) is 0 Å². The molecule has 0 spiro atoms. The van der Waals surface area contributed by atoms with Crippen molar-refractivity contribution in [1.29, 1.82) is 0 Å². The fraction of sp³-hybridized carbons (Fsp3) is 0.429. The summed E-state index contributed by atoms with van der Waals surface area (Å²) < 4.78 is 1.57. The van der Waals surface area contributed by atoms with Crippen molar-refractivity contribution in [3.05, 3.63) is 49.0 Å². The number of benzene rings is 1. The van der Waals surface area contributed by atoms with Crippen molar-refractivity contribution < 1.29 is 9.39 Å². The topological polar surface area (TPSA) is 44.7 Å². The minimum atomic E-state index is -0.118. The van der Waals surface area contributed by atoms with Crippen LogP contribution < -0.4 is 10.4 Å². The van der Waals surface area contributed by atoms with E-state index in [4.69, 9.17) is 28.3 Å². The first-order valence-corrected chi connectivity index (χ1v) is 12.4. The minimum absolute atomic E-state index is 0.0984. The summed E-state index contributed by atoms with van der Waals surface area (Å²) in [6.07, 6.45) is 3.47. The number of carbonyl (C=O) groups is 1. The van der Waals surface area contributed by atoms with Crippen LogP contribution in [-0.2, 0) is 4.79 Å². The number of hydrazone groups is 1. The van der Waals surface area contributed by atoms with E-state index >= 15 is 0 Å². The summed E-state index contributed by atoms with van der Waals surface area (Å²) in [6.45, 7) is 3.94. The summed E-state index contributed by atoms with van der Waals surface area (Å²) >= 11 is 17.8. The third-order valence-electron chi connectivity index (χ3n) is 5.83. The van der Waals surface area contributed by atoms with E-state index in [0.717, 1.165) is 41.0 Å². The van der Waals surface area contributed by atoms with Crippen molar-refractivity contribution >= 4 is 67.8 Å². The Kier molecular flexibility index (Phi) is 6.47. The minimum Gasteiger partial charge on any atom is -0.263 e. The van der Waals surface area contributed by atoms with E-state index in [1.54, 1.807) is 23.5 Å². The molecule has 3 heterocycles. The van der Waals surface area contributed by atoms with Crippen molar-refractivity contribution in [1.82, 2.24) is 5.43 Å². The maximum Gasteiger partial charge on any atom is 0.312 e. The number of piperidine rings is 1. The molecule has 0 radical (unpaired) electrons. The molecule has 1 aromatic heterocycles. The van der Waals surface area contributed by atoms with Gasteiger partial charge in [0.25, 0.3) is 0 Å². The molecule has 2 aliphatic rings. The Bertz CT molecular complexity index is 989. The number of nitrogens with one attached hydrogen (secondary N) is 1. The molecule has 160 valence electrons. The molecule has 4 rings (SSSR count). The second-order valence-electron chi connectivity index (χ2n) is 8.17. The molecule has 1 saturated heterocycles. The van der Waals surface area contributed by atoms with E-state index in [2.05, 4.69) is 41.4 Å². The number of thiophene rings is 1. The van der Waals surface area contributed by atoms with Crippen LogP contribution in [0, 0.1) is 5.92 Å². The molecule has 2 atom stereocenters. The summed E-state index contributed by atoms with van der Waals surface area (Å²) in [5.74, 6) is -0.209. The van der Waals surface area contributed by atoms with Gasteiger partial charge in [0, 0.05) is 25.7 Å². The largest absolute Gasteiger partial charge is 0.312 e. The molecule has 1 amide bonds. The second-order valence-corrected chi connectivity index (χ2v) is 10.9. The van der Waals surface area contributed by atoms with Gasteiger partial charge in [0.1, 0.15) is 18.8 Å². The van der Waals surface area contributed by atoms with Gasteiger partial charge < -0.3 is 0 Å². The SMILES string of the molecule is C[C@@H]1C(C(=O)N[N+]2(C)CCCCC2)=NN(c2ccc(Cl)cc2Cl)[C@H]1c1cc(Br)cs1. The highest BCUT2D eigenvalue weighted by molar-refractivity contribution is 9.10. The third kappa shape index (κ3) is 4.41. The highest BCUT2D eigenvalue weighted by Crippen LogP contribution is 2.44. The van der Waals surface area contributed by atoms with Gasteiger partial charge in [0.15, 0.2) is 0 Å². The normalized spacial score (nSPS) is 23.4. The number of rotatable bonds is 4. The molecule has 9 heteroatoms. The van der Waals surface area contributed by atoms with Crippen molar-refractivity contribution in [2.24, 2.45) is 11.0 Å². The number of halogens is 3. The summed E-state index contributed by atoms with van der Waals surface area (Å²) in [5.41, 5.74) is 4.49. The predicted molar refractivity (Wildman–Crippen MR) is 128 cm³/mol. The first-order valence-electron chi connectivity index (χ1n) is 10.0. The van der Waals surface area contributed by atoms with E-state index in [1.807, 2.05) is 16.5 Å². The molecule has 2 aromatic rings. The van der Waals surface area contributed by atoms with Crippen molar-refractivity contribution in [3.8, 4) is 0 Å². The Morgan fingerprint density at radius 1 is 1.27 bits per heavy atom. The van der Waals surface area contributed by atoms with Crippen LogP contribution in [0.15, 0.2) is 39.2 Å². The molecule has 0 saturated carbocycles. The summed E-state index contributed by atoms with van der Waals surface area (Å²) in [6, 6.07) is 7.32. The van der Waals surface area contributed by atoms with E-state index in [9.17, 15) is 4.79 Å². The molecule has 0 bridgehead atoms. The molecular formula is C21H24BrCl2N4OS+. The highest BCUT2D eigenvalue weighted by Gasteiger charge is 2.42. The third-order valence-corrected chi connectivity index (χ3v) is 8.13. The van der Waals surface area contributed by atoms with Gasteiger partial charge in [-0.05, 0) is 59.5 Å². The van der Waals surface area contributed by atoms with Crippen molar-refractivity contribution in [2.45, 2.75) is 32.2 Å². The van der Waals surface area contributed by atoms with Gasteiger partial charge in [0.05, 0.1) is 23.8 Å². The molecule has 0 aliphatic carbocycles. The number of hydrogen-bond donors (Lipinski definition) is 1. The first-order chi connectivity index (χ1) is 14.3. The Morgan fingerprint density at radius 3 is 2.63 bits per heavy atom. The van der Waals surface area contributed by atoms with Gasteiger partial charge in [-0.2, -0.15) is 10.5 Å². The molecule has 1 N–H and O–H groups in total. The monoisotopic (exact) mass is 529 g/mol. The number of carbonyl (C=O) groups excluding carboxylic acids is 1. The van der Waals surface area contributed by atoms with Crippen LogP contribution >= 0.6 is 50.5 Å². The highest BCUT2D eigenvalue weighted by atomic mass is 79.9. The van der Waals surface area contributed by atoms with E-state index in [1.165, 1.54) is 6.42 Å². The lowest BCUT2D eigenvalue weighted by atomic mass is 9.95. The molecule has 1 fully saturated rings. The zero-order chi connectivity index (χ0) is 21.5. The van der Waals surface area contributed by atoms with Crippen LogP contribution in [-0.4, -0.2) is 36.3 Å². The summed E-state index contributed by atoms with van der Waals surface area (Å²) in [5, 5.41) is 9.77. The second kappa shape index (κ2) is 8.79. The number of quaternary nitrogens is 1. The van der Waals surface area contributed by atoms with Gasteiger partial charge in [0.2, 0.25) is 0 Å². The zero-order valence-corrected chi connectivity index (χ0v) is 20.8. The predicted octanol–water partition coefficient (Wildman–Crippen LogP) is 6.03. The van der Waals surface area contributed by atoms with Crippen LogP contribution in [0.1, 0.15) is 37.1 Å². The molecule has 30 heavy (non-hydrogen) atoms. The number of likely N-dealkylation sites (tertiary alicyclic amines) is 1. The standard InChI is InChI=1S/C21H23BrCl2N4OS/c1-13-19(21(29)26-28(2)8-4-3-5-9-28)25-27(17-7-6-15(23)11-16(17)24)20(13)18-10-14(22)12-30-18/h6-7,10-13,20H,3-5,8-9H2,1-2H3/p+1/t13-,20-/m1/s1. The number of nitrogens with zero attached hydrogens (tertiary/aromatic N) is 3. The van der Waals surface area contributed by atoms with E-state index in [0.29, 0.717) is 20.3 Å². The van der Waals surface area contributed by atoms with Crippen LogP contribution in [0.4, 0.5) is 5.69 Å². The van der Waals surface area contributed by atoms with Gasteiger partial charge in [-0.15, -0.1) is 11.3 Å². The van der Waals surface area contributed by atoms with Crippen molar-refractivity contribution in [3.63, 3.8) is 0 Å². The van der Waals surface area contributed by atoms with Gasteiger partial charge in [-0.3, -0.25) is 9.80 Å². The average molecular weight is 531 g/mol. The zero-order valence-electron chi connectivity index (χ0n) is 16.9. The van der Waals surface area contributed by atoms with Crippen LogP contribution in [0.5, 0.6) is 0 Å². The van der Waals surface area contributed by atoms with Gasteiger partial charge in [-0.1, -0.05) is 30.1 Å². The Morgan fingerprint density at radius 2 is 2.00 bits per heavy atom. The smallest absolute Gasteiger partial charge is 0.263 e. The lowest BCUT2D eigenvalue weighted by Crippen LogP contribution is -2.61. The van der Waals surface area contributed by atoms with E-state index < -0.39 is 0 Å². The average Bonchev–Trinajstić information content (AvgIpc) is 3.25. The summed E-state index contributed by atoms with van der Waals surface area (Å²) in [7, 11) is 2.08.